The first kappa shape index (κ1) is 19.6. The van der Waals surface area contributed by atoms with Gasteiger partial charge in [-0.05, 0) is 64.4 Å². The van der Waals surface area contributed by atoms with E-state index in [1.807, 2.05) is 20.8 Å². The van der Waals surface area contributed by atoms with Crippen LogP contribution in [-0.4, -0.2) is 33.7 Å². The van der Waals surface area contributed by atoms with E-state index in [2.05, 4.69) is 72.5 Å². The van der Waals surface area contributed by atoms with Gasteiger partial charge >= 0.3 is 0 Å². The van der Waals surface area contributed by atoms with Crippen molar-refractivity contribution >= 4 is 27.2 Å². The van der Waals surface area contributed by atoms with E-state index in [4.69, 9.17) is 0 Å². The summed E-state index contributed by atoms with van der Waals surface area (Å²) >= 11 is -1.05. The number of hydrogen-bond acceptors (Lipinski definition) is 3. The smallest absolute Gasteiger partial charge is 0.136 e. The summed E-state index contributed by atoms with van der Waals surface area (Å²) in [5, 5.41) is 2.45. The molecule has 3 unspecified atom stereocenters. The van der Waals surface area contributed by atoms with Crippen molar-refractivity contribution in [2.75, 3.05) is 14.1 Å². The number of rotatable bonds is 6. The molecule has 3 nitrogen and oxygen atoms in total. The van der Waals surface area contributed by atoms with Gasteiger partial charge in [0.15, 0.2) is 0 Å². The van der Waals surface area contributed by atoms with Crippen LogP contribution in [0.2, 0.25) is 0 Å². The van der Waals surface area contributed by atoms with Crippen molar-refractivity contribution < 1.29 is 4.55 Å². The highest BCUT2D eigenvalue weighted by Crippen LogP contribution is 2.50. The molecule has 24 heavy (non-hydrogen) atoms. The van der Waals surface area contributed by atoms with Gasteiger partial charge in [0, 0.05) is 22.8 Å². The van der Waals surface area contributed by atoms with E-state index < -0.39 is 22.3 Å². The second-order valence-electron chi connectivity index (χ2n) is 7.37. The molecule has 2 rings (SSSR count). The molecule has 1 aliphatic heterocycles. The lowest BCUT2D eigenvalue weighted by molar-refractivity contribution is 0.402. The standard InChI is InChI=1S/C19H30N2OS2/c1-15(20-24(22)19(2,3)4)23-13-9-12-18(23)17-11-8-7-10-16(17)14-21(5)6/h7-13,15,20,23H,14H2,1-6H3. The minimum absolute atomic E-state index is 0.178. The zero-order valence-electron chi connectivity index (χ0n) is 15.5. The second-order valence-corrected chi connectivity index (χ2v) is 11.7. The first-order valence-electron chi connectivity index (χ1n) is 8.28. The molecular weight excluding hydrogens is 336 g/mol. The molecule has 1 aromatic carbocycles. The van der Waals surface area contributed by atoms with Crippen LogP contribution in [-0.2, 0) is 17.9 Å². The third-order valence-electron chi connectivity index (χ3n) is 3.81. The lowest BCUT2D eigenvalue weighted by Crippen LogP contribution is -2.43. The van der Waals surface area contributed by atoms with Crippen LogP contribution >= 0.6 is 10.9 Å². The quantitative estimate of drug-likeness (QED) is 0.590. The van der Waals surface area contributed by atoms with Crippen molar-refractivity contribution in [2.24, 2.45) is 0 Å². The summed E-state index contributed by atoms with van der Waals surface area (Å²) < 4.78 is 15.5. The molecule has 0 amide bonds. The summed E-state index contributed by atoms with van der Waals surface area (Å²) in [6, 6.07) is 8.62. The van der Waals surface area contributed by atoms with E-state index in [0.717, 1.165) is 6.54 Å². The molecule has 1 aromatic rings. The van der Waals surface area contributed by atoms with Gasteiger partial charge in [-0.3, -0.25) is 0 Å². The minimum atomic E-state index is -1.05. The zero-order valence-corrected chi connectivity index (χ0v) is 17.2. The molecule has 0 aliphatic carbocycles. The lowest BCUT2D eigenvalue weighted by Gasteiger charge is -2.31. The molecule has 1 aliphatic rings. The summed E-state index contributed by atoms with van der Waals surface area (Å²) in [7, 11) is 3.68. The molecule has 0 aromatic heterocycles. The lowest BCUT2D eigenvalue weighted by atomic mass is 10.1. The molecule has 0 spiro atoms. The normalized spacial score (nSPS) is 21.8. The predicted molar refractivity (Wildman–Crippen MR) is 110 cm³/mol. The van der Waals surface area contributed by atoms with Crippen molar-refractivity contribution in [1.29, 1.82) is 0 Å². The number of hydrogen-bond donors (Lipinski definition) is 2. The third kappa shape index (κ3) is 4.90. The molecule has 5 heteroatoms. The molecule has 0 saturated heterocycles. The fourth-order valence-corrected chi connectivity index (χ4v) is 5.86. The van der Waals surface area contributed by atoms with Crippen molar-refractivity contribution in [3.05, 3.63) is 53.0 Å². The Labute approximate surface area is 152 Å². The molecule has 1 heterocycles. The van der Waals surface area contributed by atoms with Crippen LogP contribution in [0, 0.1) is 0 Å². The van der Waals surface area contributed by atoms with Gasteiger partial charge in [-0.25, -0.2) is 0 Å². The molecule has 0 bridgehead atoms. The number of nitrogens with zero attached hydrogens (tertiary/aromatic N) is 1. The van der Waals surface area contributed by atoms with Gasteiger partial charge in [-0.2, -0.15) is 10.9 Å². The highest BCUT2D eigenvalue weighted by molar-refractivity contribution is 8.28. The first-order chi connectivity index (χ1) is 11.2. The van der Waals surface area contributed by atoms with Crippen LogP contribution in [0.15, 0.2) is 41.8 Å². The maximum atomic E-state index is 12.4. The number of allylic oxidation sites excluding steroid dienone is 2. The fourth-order valence-electron chi connectivity index (χ4n) is 2.60. The summed E-state index contributed by atoms with van der Waals surface area (Å²) in [5.74, 6) is 0. The Kier molecular flexibility index (Phi) is 6.62. The predicted octanol–water partition coefficient (Wildman–Crippen LogP) is 4.02. The first-order valence-corrected chi connectivity index (χ1v) is 10.9. The average Bonchev–Trinajstić information content (AvgIpc) is 2.95. The summed E-state index contributed by atoms with van der Waals surface area (Å²) in [5.41, 5.74) is 2.66. The fraction of sp³-hybridized carbons (Fsp3) is 0.474. The van der Waals surface area contributed by atoms with E-state index in [-0.39, 0.29) is 10.1 Å². The molecule has 0 saturated carbocycles. The van der Waals surface area contributed by atoms with Gasteiger partial charge in [-0.15, -0.1) is 4.72 Å². The Hall–Kier alpha value is -0.720. The van der Waals surface area contributed by atoms with E-state index in [9.17, 15) is 4.55 Å². The van der Waals surface area contributed by atoms with E-state index >= 15 is 0 Å². The van der Waals surface area contributed by atoms with Crippen molar-refractivity contribution in [3.63, 3.8) is 0 Å². The Balaban J connectivity index is 2.20. The third-order valence-corrected chi connectivity index (χ3v) is 8.07. The van der Waals surface area contributed by atoms with Crippen LogP contribution in [0.25, 0.3) is 4.91 Å². The number of thiol groups is 1. The Morgan fingerprint density at radius 2 is 1.92 bits per heavy atom. The van der Waals surface area contributed by atoms with E-state index in [1.165, 1.54) is 16.0 Å². The van der Waals surface area contributed by atoms with Gasteiger partial charge in [0.1, 0.15) is 4.75 Å². The SMILES string of the molecule is CC(N[S+]([O-])C(C)(C)C)[SH]1C=CC=C1c1ccccc1CN(C)C. The van der Waals surface area contributed by atoms with Gasteiger partial charge in [0.05, 0.1) is 5.37 Å². The maximum Gasteiger partial charge on any atom is 0.136 e. The van der Waals surface area contributed by atoms with Crippen LogP contribution in [0.1, 0.15) is 38.8 Å². The largest absolute Gasteiger partial charge is 0.598 e. The Morgan fingerprint density at radius 3 is 2.54 bits per heavy atom. The molecular formula is C19H30N2OS2. The van der Waals surface area contributed by atoms with Crippen LogP contribution < -0.4 is 4.72 Å². The topological polar surface area (TPSA) is 38.3 Å². The number of benzene rings is 1. The van der Waals surface area contributed by atoms with Gasteiger partial charge in [-0.1, -0.05) is 30.3 Å². The van der Waals surface area contributed by atoms with Crippen LogP contribution in [0.5, 0.6) is 0 Å². The highest BCUT2D eigenvalue weighted by Gasteiger charge is 2.31. The summed E-state index contributed by atoms with van der Waals surface area (Å²) in [4.78, 5) is 3.56. The average molecular weight is 367 g/mol. The van der Waals surface area contributed by atoms with Crippen molar-refractivity contribution in [1.82, 2.24) is 9.62 Å². The molecule has 134 valence electrons. The van der Waals surface area contributed by atoms with Crippen LogP contribution in [0.4, 0.5) is 0 Å². The van der Waals surface area contributed by atoms with Gasteiger partial charge < -0.3 is 9.45 Å². The minimum Gasteiger partial charge on any atom is -0.598 e. The molecule has 1 N–H and O–H groups in total. The zero-order chi connectivity index (χ0) is 17.9. The van der Waals surface area contributed by atoms with Gasteiger partial charge in [0.2, 0.25) is 0 Å². The molecule has 0 radical (unpaired) electrons. The van der Waals surface area contributed by atoms with Crippen molar-refractivity contribution in [2.45, 2.75) is 44.4 Å². The monoisotopic (exact) mass is 366 g/mol. The summed E-state index contributed by atoms with van der Waals surface area (Å²) in [6.07, 6.45) is 4.37. The molecule has 0 fully saturated rings. The summed E-state index contributed by atoms with van der Waals surface area (Å²) in [6.45, 7) is 9.08. The van der Waals surface area contributed by atoms with E-state index in [1.54, 1.807) is 0 Å². The highest BCUT2D eigenvalue weighted by atomic mass is 32.2. The molecule has 3 atom stereocenters. The maximum absolute atomic E-state index is 12.4. The second kappa shape index (κ2) is 8.11. The van der Waals surface area contributed by atoms with E-state index in [0.29, 0.717) is 0 Å². The Bertz CT molecular complexity index is 620. The number of nitrogens with one attached hydrogen (secondary N) is 1. The van der Waals surface area contributed by atoms with Crippen molar-refractivity contribution in [3.8, 4) is 0 Å². The van der Waals surface area contributed by atoms with Gasteiger partial charge in [0.25, 0.3) is 0 Å². The Morgan fingerprint density at radius 1 is 1.25 bits per heavy atom. The van der Waals surface area contributed by atoms with Crippen LogP contribution in [0.3, 0.4) is 0 Å².